The van der Waals surface area contributed by atoms with E-state index < -0.39 is 5.97 Å². The highest BCUT2D eigenvalue weighted by Crippen LogP contribution is 2.41. The summed E-state index contributed by atoms with van der Waals surface area (Å²) in [5.74, 6) is 2.60. The minimum atomic E-state index is -0.786. The van der Waals surface area contributed by atoms with E-state index >= 15 is 0 Å². The Kier molecular flexibility index (Phi) is 10.7. The van der Waals surface area contributed by atoms with Crippen LogP contribution in [0.2, 0.25) is 0 Å². The van der Waals surface area contributed by atoms with E-state index in [0.717, 1.165) is 64.2 Å². The summed E-state index contributed by atoms with van der Waals surface area (Å²) in [4.78, 5) is 11.3. The molecular weight excluding hydrogens is 420 g/mol. The fraction of sp³-hybridized carbons (Fsp3) is 0.710. The Hall–Kier alpha value is -1.77. The first kappa shape index (κ1) is 28.5. The summed E-state index contributed by atoms with van der Waals surface area (Å²) in [6.45, 7) is 17.8. The predicted octanol–water partition coefficient (Wildman–Crippen LogP) is 8.84. The van der Waals surface area contributed by atoms with E-state index in [0.29, 0.717) is 0 Å². The van der Waals surface area contributed by atoms with Gasteiger partial charge in [0.1, 0.15) is 11.4 Å². The minimum absolute atomic E-state index is 0.0610. The molecule has 3 heteroatoms. The molecule has 0 fully saturated rings. The highest BCUT2D eigenvalue weighted by Gasteiger charge is 2.30. The van der Waals surface area contributed by atoms with Crippen molar-refractivity contribution in [3.63, 3.8) is 0 Å². The number of aliphatic carboxylic acids is 1. The molecule has 1 aliphatic rings. The molecule has 3 nitrogen and oxygen atoms in total. The first-order valence-corrected chi connectivity index (χ1v) is 13.7. The SMILES string of the molecule is Cc1c(C)c2c(c(C)c1CC(=O)O)C=C[C@@](C)(CCCC(C)CCCC(C)CCCC(C)C)O2. The van der Waals surface area contributed by atoms with Crippen molar-refractivity contribution in [3.8, 4) is 5.75 Å². The number of ether oxygens (including phenoxy) is 1. The topological polar surface area (TPSA) is 46.5 Å². The Balaban J connectivity index is 1.84. The maximum absolute atomic E-state index is 11.3. The van der Waals surface area contributed by atoms with Crippen molar-refractivity contribution in [3.05, 3.63) is 33.9 Å². The Morgan fingerprint density at radius 3 is 2.00 bits per heavy atom. The van der Waals surface area contributed by atoms with Crippen LogP contribution in [0.1, 0.15) is 120 Å². The molecule has 2 rings (SSSR count). The lowest BCUT2D eigenvalue weighted by atomic mass is 9.86. The number of fused-ring (bicyclic) bond motifs is 1. The fourth-order valence-corrected chi connectivity index (χ4v) is 5.40. The van der Waals surface area contributed by atoms with Gasteiger partial charge in [0.25, 0.3) is 0 Å². The van der Waals surface area contributed by atoms with Crippen molar-refractivity contribution in [2.45, 2.75) is 125 Å². The third-order valence-electron chi connectivity index (χ3n) is 7.97. The van der Waals surface area contributed by atoms with Crippen LogP contribution in [-0.4, -0.2) is 16.7 Å². The molecule has 0 bridgehead atoms. The second-order valence-electron chi connectivity index (χ2n) is 11.8. The zero-order valence-electron chi connectivity index (χ0n) is 23.2. The Labute approximate surface area is 209 Å². The molecule has 1 aromatic rings. The molecule has 192 valence electrons. The lowest BCUT2D eigenvalue weighted by molar-refractivity contribution is -0.136. The van der Waals surface area contributed by atoms with Crippen molar-refractivity contribution in [2.24, 2.45) is 17.8 Å². The number of hydrogen-bond donors (Lipinski definition) is 1. The second-order valence-corrected chi connectivity index (χ2v) is 11.8. The predicted molar refractivity (Wildman–Crippen MR) is 145 cm³/mol. The summed E-state index contributed by atoms with van der Waals surface area (Å²) in [5, 5.41) is 9.32. The Bertz CT molecular complexity index is 851. The molecule has 2 unspecified atom stereocenters. The van der Waals surface area contributed by atoms with Crippen molar-refractivity contribution in [1.29, 1.82) is 0 Å². The number of benzene rings is 1. The van der Waals surface area contributed by atoms with E-state index in [-0.39, 0.29) is 12.0 Å². The van der Waals surface area contributed by atoms with Gasteiger partial charge < -0.3 is 9.84 Å². The average Bonchev–Trinajstić information content (AvgIpc) is 2.74. The van der Waals surface area contributed by atoms with Gasteiger partial charge in [-0.05, 0) is 86.6 Å². The molecule has 0 spiro atoms. The molecule has 34 heavy (non-hydrogen) atoms. The lowest BCUT2D eigenvalue weighted by Gasteiger charge is -2.34. The summed E-state index contributed by atoms with van der Waals surface area (Å²) in [5.41, 5.74) is 4.82. The van der Waals surface area contributed by atoms with Crippen molar-refractivity contribution < 1.29 is 14.6 Å². The van der Waals surface area contributed by atoms with Crippen molar-refractivity contribution in [2.75, 3.05) is 0 Å². The molecule has 0 radical (unpaired) electrons. The molecule has 1 aromatic carbocycles. The smallest absolute Gasteiger partial charge is 0.307 e. The molecule has 1 heterocycles. The number of carboxylic acid groups (broad SMARTS) is 1. The summed E-state index contributed by atoms with van der Waals surface area (Å²) in [7, 11) is 0. The van der Waals surface area contributed by atoms with Crippen LogP contribution in [0.5, 0.6) is 5.75 Å². The highest BCUT2D eigenvalue weighted by atomic mass is 16.5. The summed E-state index contributed by atoms with van der Waals surface area (Å²) >= 11 is 0. The Morgan fingerprint density at radius 1 is 0.882 bits per heavy atom. The quantitative estimate of drug-likeness (QED) is 0.295. The summed E-state index contributed by atoms with van der Waals surface area (Å²) < 4.78 is 6.59. The molecule has 0 aromatic heterocycles. The molecular formula is C31H50O3. The van der Waals surface area contributed by atoms with E-state index in [2.05, 4.69) is 53.7 Å². The number of hydrogen-bond acceptors (Lipinski definition) is 2. The Morgan fingerprint density at radius 2 is 1.44 bits per heavy atom. The van der Waals surface area contributed by atoms with Crippen LogP contribution >= 0.6 is 0 Å². The van der Waals surface area contributed by atoms with Gasteiger partial charge in [-0.25, -0.2) is 0 Å². The second kappa shape index (κ2) is 12.8. The standard InChI is InChI=1S/C31H50O3/c1-21(2)12-9-13-22(3)14-10-15-23(4)16-11-18-31(8)19-17-27-26(7)28(20-29(32)33)24(5)25(6)30(27)34-31/h17,19,21-23H,9-16,18,20H2,1-8H3,(H,32,33)/t22?,23?,31-/m1/s1. The van der Waals surface area contributed by atoms with Gasteiger partial charge in [0.2, 0.25) is 0 Å². The van der Waals surface area contributed by atoms with Gasteiger partial charge in [0.15, 0.2) is 0 Å². The largest absolute Gasteiger partial charge is 0.483 e. The monoisotopic (exact) mass is 470 g/mol. The summed E-state index contributed by atoms with van der Waals surface area (Å²) in [6, 6.07) is 0. The van der Waals surface area contributed by atoms with Gasteiger partial charge in [-0.3, -0.25) is 4.79 Å². The van der Waals surface area contributed by atoms with Gasteiger partial charge in [-0.1, -0.05) is 78.7 Å². The van der Waals surface area contributed by atoms with Gasteiger partial charge in [-0.15, -0.1) is 0 Å². The lowest BCUT2D eigenvalue weighted by Crippen LogP contribution is -2.33. The van der Waals surface area contributed by atoms with Crippen LogP contribution in [0.3, 0.4) is 0 Å². The summed E-state index contributed by atoms with van der Waals surface area (Å²) in [6.07, 6.45) is 16.0. The fourth-order valence-electron chi connectivity index (χ4n) is 5.40. The van der Waals surface area contributed by atoms with Crippen LogP contribution in [0.15, 0.2) is 6.08 Å². The molecule has 0 aliphatic carbocycles. The third-order valence-corrected chi connectivity index (χ3v) is 7.97. The molecule has 3 atom stereocenters. The van der Waals surface area contributed by atoms with E-state index in [4.69, 9.17) is 4.74 Å². The van der Waals surface area contributed by atoms with E-state index in [1.165, 1.54) is 44.9 Å². The van der Waals surface area contributed by atoms with Gasteiger partial charge in [0.05, 0.1) is 6.42 Å². The van der Waals surface area contributed by atoms with Crippen LogP contribution in [-0.2, 0) is 11.2 Å². The van der Waals surface area contributed by atoms with Crippen LogP contribution in [0.25, 0.3) is 6.08 Å². The van der Waals surface area contributed by atoms with E-state index in [1.807, 2.05) is 13.8 Å². The minimum Gasteiger partial charge on any atom is -0.483 e. The normalized spacial score (nSPS) is 19.1. The van der Waals surface area contributed by atoms with Crippen molar-refractivity contribution >= 4 is 12.0 Å². The third kappa shape index (κ3) is 8.17. The van der Waals surface area contributed by atoms with E-state index in [1.54, 1.807) is 0 Å². The first-order chi connectivity index (χ1) is 15.9. The molecule has 1 N–H and O–H groups in total. The van der Waals surface area contributed by atoms with Crippen LogP contribution in [0, 0.1) is 38.5 Å². The number of carbonyl (C=O) groups is 1. The number of carboxylic acids is 1. The zero-order chi connectivity index (χ0) is 25.5. The molecule has 1 aliphatic heterocycles. The van der Waals surface area contributed by atoms with Gasteiger partial charge in [-0.2, -0.15) is 0 Å². The maximum Gasteiger partial charge on any atom is 0.307 e. The first-order valence-electron chi connectivity index (χ1n) is 13.7. The molecule has 0 saturated carbocycles. The highest BCUT2D eigenvalue weighted by molar-refractivity contribution is 5.76. The average molecular weight is 471 g/mol. The number of rotatable bonds is 14. The molecule has 0 amide bonds. The maximum atomic E-state index is 11.3. The van der Waals surface area contributed by atoms with Gasteiger partial charge >= 0.3 is 5.97 Å². The van der Waals surface area contributed by atoms with Crippen LogP contribution < -0.4 is 4.74 Å². The van der Waals surface area contributed by atoms with Crippen LogP contribution in [0.4, 0.5) is 0 Å². The van der Waals surface area contributed by atoms with Gasteiger partial charge in [0, 0.05) is 5.56 Å². The van der Waals surface area contributed by atoms with E-state index in [9.17, 15) is 9.90 Å². The zero-order valence-corrected chi connectivity index (χ0v) is 23.2. The molecule has 0 saturated heterocycles. The van der Waals surface area contributed by atoms with Crippen molar-refractivity contribution in [1.82, 2.24) is 0 Å².